The summed E-state index contributed by atoms with van der Waals surface area (Å²) in [5.41, 5.74) is 5.02. The van der Waals surface area contributed by atoms with E-state index in [1.807, 2.05) is 13.8 Å². The van der Waals surface area contributed by atoms with E-state index in [9.17, 15) is 0 Å². The van der Waals surface area contributed by atoms with Crippen molar-refractivity contribution in [3.05, 3.63) is 53.2 Å². The predicted molar refractivity (Wildman–Crippen MR) is 162 cm³/mol. The number of aromatic nitrogens is 2. The molecule has 3 aromatic rings. The lowest BCUT2D eigenvalue weighted by atomic mass is 9.92. The van der Waals surface area contributed by atoms with Gasteiger partial charge in [0, 0.05) is 48.4 Å². The van der Waals surface area contributed by atoms with Gasteiger partial charge in [-0.25, -0.2) is 0 Å². The van der Waals surface area contributed by atoms with Crippen LogP contribution in [0.25, 0.3) is 10.8 Å². The summed E-state index contributed by atoms with van der Waals surface area (Å²) in [7, 11) is 3.84. The second-order valence-electron chi connectivity index (χ2n) is 11.1. The van der Waals surface area contributed by atoms with Gasteiger partial charge >= 0.3 is 6.01 Å². The molecule has 0 aliphatic carbocycles. The standard InChI is InChI=1S/C25H29N5O.C5H11N.C2H6/c1-16-5-3-6-17-7-4-8-22(23(16)17)29-12-11-20-21(15-29)27-25(31-2)28-24(20)30-14-18-9-10-19(30)13-26-18;1-6-4-2-3-5-6;1-2/h3-8,18-19,26H,9-15H2,1-2H3;2-5H2,1H3;1-2H3. The lowest BCUT2D eigenvalue weighted by Gasteiger charge is -2.47. The van der Waals surface area contributed by atoms with Gasteiger partial charge in [0.25, 0.3) is 0 Å². The summed E-state index contributed by atoms with van der Waals surface area (Å²) < 4.78 is 5.54. The van der Waals surface area contributed by atoms with E-state index < -0.39 is 0 Å². The molecule has 0 spiro atoms. The van der Waals surface area contributed by atoms with Crippen LogP contribution in [-0.4, -0.2) is 73.8 Å². The fraction of sp³-hybridized carbons (Fsp3) is 0.562. The quantitative estimate of drug-likeness (QED) is 0.500. The average molecular weight is 531 g/mol. The van der Waals surface area contributed by atoms with Crippen LogP contribution in [0.4, 0.5) is 11.5 Å². The number of aryl methyl sites for hydroxylation is 1. The fourth-order valence-electron chi connectivity index (χ4n) is 6.54. The number of hydrogen-bond donors (Lipinski definition) is 1. The van der Waals surface area contributed by atoms with Crippen molar-refractivity contribution in [2.45, 2.75) is 71.5 Å². The SMILES string of the molecule is CC.CN1CCCC1.COc1nc2c(c(N3CC4CCC3CN4)n1)CCN(c1cccc3cccc(C)c13)C2. The van der Waals surface area contributed by atoms with Crippen LogP contribution in [0, 0.1) is 6.92 Å². The van der Waals surface area contributed by atoms with Gasteiger partial charge in [0.2, 0.25) is 0 Å². The van der Waals surface area contributed by atoms with Crippen molar-refractivity contribution in [1.29, 1.82) is 0 Å². The van der Waals surface area contributed by atoms with Gasteiger partial charge in [-0.15, -0.1) is 0 Å². The van der Waals surface area contributed by atoms with Gasteiger partial charge in [-0.2, -0.15) is 9.97 Å². The molecule has 4 saturated heterocycles. The maximum absolute atomic E-state index is 5.54. The van der Waals surface area contributed by atoms with Crippen molar-refractivity contribution in [3.63, 3.8) is 0 Å². The zero-order valence-corrected chi connectivity index (χ0v) is 24.5. The van der Waals surface area contributed by atoms with Gasteiger partial charge in [-0.3, -0.25) is 0 Å². The van der Waals surface area contributed by atoms with Crippen molar-refractivity contribution in [3.8, 4) is 6.01 Å². The number of methoxy groups -OCH3 is 1. The average Bonchev–Trinajstić information content (AvgIpc) is 3.49. The fourth-order valence-corrected chi connectivity index (χ4v) is 6.54. The van der Waals surface area contributed by atoms with E-state index in [2.05, 4.69) is 70.4 Å². The summed E-state index contributed by atoms with van der Waals surface area (Å²) in [6.07, 6.45) is 6.28. The molecule has 0 saturated carbocycles. The third kappa shape index (κ3) is 5.85. The summed E-state index contributed by atoms with van der Waals surface area (Å²) >= 11 is 0. The van der Waals surface area contributed by atoms with Crippen molar-refractivity contribution >= 4 is 22.3 Å². The molecule has 1 aromatic heterocycles. The normalized spacial score (nSPS) is 22.1. The Labute approximate surface area is 234 Å². The summed E-state index contributed by atoms with van der Waals surface area (Å²) in [5, 5.41) is 6.29. The Morgan fingerprint density at radius 1 is 0.974 bits per heavy atom. The molecular weight excluding hydrogens is 484 g/mol. The van der Waals surface area contributed by atoms with E-state index in [1.54, 1.807) is 7.11 Å². The summed E-state index contributed by atoms with van der Waals surface area (Å²) in [5.74, 6) is 1.10. The summed E-state index contributed by atoms with van der Waals surface area (Å²) in [6, 6.07) is 14.7. The van der Waals surface area contributed by atoms with Crippen LogP contribution in [0.2, 0.25) is 0 Å². The molecule has 2 bridgehead atoms. The lowest BCUT2D eigenvalue weighted by molar-refractivity contribution is 0.286. The van der Waals surface area contributed by atoms with Gasteiger partial charge in [0.1, 0.15) is 5.82 Å². The van der Waals surface area contributed by atoms with E-state index in [4.69, 9.17) is 14.7 Å². The smallest absolute Gasteiger partial charge is 0.318 e. The molecule has 5 aliphatic heterocycles. The van der Waals surface area contributed by atoms with Gasteiger partial charge in [0.15, 0.2) is 0 Å². The van der Waals surface area contributed by atoms with Gasteiger partial charge < -0.3 is 24.8 Å². The molecule has 8 rings (SSSR count). The number of benzene rings is 2. The molecule has 6 heterocycles. The molecule has 0 amide bonds. The summed E-state index contributed by atoms with van der Waals surface area (Å²) in [6.45, 7) is 12.7. The Morgan fingerprint density at radius 3 is 2.36 bits per heavy atom. The monoisotopic (exact) mass is 530 g/mol. The predicted octanol–water partition coefficient (Wildman–Crippen LogP) is 5.19. The Kier molecular flexibility index (Phi) is 8.88. The van der Waals surface area contributed by atoms with Crippen molar-refractivity contribution in [1.82, 2.24) is 20.2 Å². The number of fused-ring (bicyclic) bond motifs is 5. The molecule has 7 heteroatoms. The molecule has 2 aromatic carbocycles. The van der Waals surface area contributed by atoms with Gasteiger partial charge in [0.05, 0.1) is 19.3 Å². The largest absolute Gasteiger partial charge is 0.467 e. The first-order chi connectivity index (χ1) is 19.1. The highest BCUT2D eigenvalue weighted by Gasteiger charge is 2.37. The maximum atomic E-state index is 5.54. The molecule has 39 heavy (non-hydrogen) atoms. The minimum absolute atomic E-state index is 0.485. The summed E-state index contributed by atoms with van der Waals surface area (Å²) in [4.78, 5) is 17.0. The second-order valence-corrected chi connectivity index (χ2v) is 11.1. The maximum Gasteiger partial charge on any atom is 0.318 e. The zero-order valence-electron chi connectivity index (χ0n) is 24.5. The third-order valence-electron chi connectivity index (χ3n) is 8.59. The Morgan fingerprint density at radius 2 is 1.74 bits per heavy atom. The molecule has 5 aliphatic rings. The number of piperazine rings is 1. The van der Waals surface area contributed by atoms with Gasteiger partial charge in [-0.1, -0.05) is 44.2 Å². The number of nitrogens with zero attached hydrogens (tertiary/aromatic N) is 5. The minimum Gasteiger partial charge on any atom is -0.467 e. The molecule has 1 N–H and O–H groups in total. The highest BCUT2D eigenvalue weighted by molar-refractivity contribution is 5.97. The highest BCUT2D eigenvalue weighted by Crippen LogP contribution is 2.37. The van der Waals surface area contributed by atoms with Crippen LogP contribution < -0.4 is 19.9 Å². The number of anilines is 2. The first-order valence-corrected chi connectivity index (χ1v) is 15.0. The van der Waals surface area contributed by atoms with Crippen LogP contribution in [0.5, 0.6) is 6.01 Å². The molecule has 2 unspecified atom stereocenters. The molecule has 7 nitrogen and oxygen atoms in total. The van der Waals surface area contributed by atoms with Gasteiger partial charge in [-0.05, 0) is 76.2 Å². The van der Waals surface area contributed by atoms with Crippen LogP contribution in [0.15, 0.2) is 36.4 Å². The number of hydrogen-bond acceptors (Lipinski definition) is 7. The lowest BCUT2D eigenvalue weighted by Crippen LogP contribution is -2.61. The molecular formula is C32H46N6O. The molecule has 4 fully saturated rings. The highest BCUT2D eigenvalue weighted by atomic mass is 16.5. The number of nitrogens with one attached hydrogen (secondary N) is 1. The van der Waals surface area contributed by atoms with E-state index in [-0.39, 0.29) is 0 Å². The van der Waals surface area contributed by atoms with Crippen molar-refractivity contribution in [2.24, 2.45) is 0 Å². The Hall–Kier alpha value is -2.90. The van der Waals surface area contributed by atoms with Crippen LogP contribution in [-0.2, 0) is 13.0 Å². The van der Waals surface area contributed by atoms with Crippen LogP contribution in [0.1, 0.15) is 56.4 Å². The van der Waals surface area contributed by atoms with Crippen molar-refractivity contribution in [2.75, 3.05) is 56.7 Å². The van der Waals surface area contributed by atoms with Crippen LogP contribution in [0.3, 0.4) is 0 Å². The molecule has 0 radical (unpaired) electrons. The molecule has 210 valence electrons. The van der Waals surface area contributed by atoms with E-state index in [1.165, 1.54) is 66.4 Å². The molecule has 2 atom stereocenters. The Balaban J connectivity index is 0.000000337. The second kappa shape index (κ2) is 12.5. The first-order valence-electron chi connectivity index (χ1n) is 15.0. The zero-order chi connectivity index (χ0) is 27.4. The first kappa shape index (κ1) is 27.7. The number of piperidine rings is 2. The van der Waals surface area contributed by atoms with E-state index >= 15 is 0 Å². The Bertz CT molecular complexity index is 1240. The van der Waals surface area contributed by atoms with Crippen LogP contribution >= 0.6 is 0 Å². The van der Waals surface area contributed by atoms with E-state index in [0.717, 1.165) is 44.1 Å². The van der Waals surface area contributed by atoms with Crippen molar-refractivity contribution < 1.29 is 4.74 Å². The number of rotatable bonds is 3. The minimum atomic E-state index is 0.485. The number of likely N-dealkylation sites (tertiary alicyclic amines) is 1. The topological polar surface area (TPSA) is 56.8 Å². The van der Waals surface area contributed by atoms with E-state index in [0.29, 0.717) is 18.1 Å². The third-order valence-corrected chi connectivity index (χ3v) is 8.59. The number of ether oxygens (including phenoxy) is 1.